The molecule has 4 amide bonds. The Kier molecular flexibility index (Phi) is 9.85. The van der Waals surface area contributed by atoms with Gasteiger partial charge in [0.15, 0.2) is 0 Å². The minimum absolute atomic E-state index is 0.197. The molecule has 0 aliphatic carbocycles. The molecular formula is C19H33N5O7. The fourth-order valence-corrected chi connectivity index (χ4v) is 3.37. The van der Waals surface area contributed by atoms with Crippen LogP contribution in [0.25, 0.3) is 0 Å². The Morgan fingerprint density at radius 2 is 1.68 bits per heavy atom. The van der Waals surface area contributed by atoms with E-state index < -0.39 is 66.3 Å². The summed E-state index contributed by atoms with van der Waals surface area (Å²) < 4.78 is 0. The molecule has 1 aliphatic rings. The molecule has 0 saturated carbocycles. The molecule has 12 heteroatoms. The standard InChI is InChI=1S/C19H33N5O7/c1-4-9(2)14(22-16(27)11(20)8-13(21)26)17(28)23-15(10(3)25)18(29)24-7-5-6-12(24)19(30)31/h9-12,14-15,25H,4-8,20H2,1-3H3,(H2,21,26)(H,22,27)(H,23,28)(H,30,31). The molecule has 0 aromatic heterocycles. The molecule has 8 N–H and O–H groups in total. The van der Waals surface area contributed by atoms with Crippen LogP contribution in [0.15, 0.2) is 0 Å². The first kappa shape index (κ1) is 26.3. The Balaban J connectivity index is 2.99. The van der Waals surface area contributed by atoms with Gasteiger partial charge in [0.1, 0.15) is 18.1 Å². The molecule has 12 nitrogen and oxygen atoms in total. The first-order valence-electron chi connectivity index (χ1n) is 10.3. The normalized spacial score (nSPS) is 20.8. The van der Waals surface area contributed by atoms with Crippen molar-refractivity contribution in [3.63, 3.8) is 0 Å². The van der Waals surface area contributed by atoms with Crippen molar-refractivity contribution in [3.8, 4) is 0 Å². The Labute approximate surface area is 180 Å². The largest absolute Gasteiger partial charge is 0.480 e. The highest BCUT2D eigenvalue weighted by Gasteiger charge is 2.40. The number of hydrogen-bond donors (Lipinski definition) is 6. The van der Waals surface area contributed by atoms with E-state index in [1.807, 2.05) is 0 Å². The molecule has 1 rings (SSSR count). The minimum atomic E-state index is -1.39. The monoisotopic (exact) mass is 443 g/mol. The number of carbonyl (C=O) groups is 5. The number of aliphatic carboxylic acids is 1. The Hall–Kier alpha value is -2.73. The van der Waals surface area contributed by atoms with Crippen molar-refractivity contribution in [2.45, 2.75) is 76.7 Å². The second kappa shape index (κ2) is 11.6. The summed E-state index contributed by atoms with van der Waals surface area (Å²) in [6, 6.07) is -4.76. The summed E-state index contributed by atoms with van der Waals surface area (Å²) in [5.74, 6) is -4.51. The van der Waals surface area contributed by atoms with Gasteiger partial charge in [-0.1, -0.05) is 20.3 Å². The predicted molar refractivity (Wildman–Crippen MR) is 109 cm³/mol. The van der Waals surface area contributed by atoms with Crippen molar-refractivity contribution in [3.05, 3.63) is 0 Å². The second-order valence-corrected chi connectivity index (χ2v) is 7.90. The minimum Gasteiger partial charge on any atom is -0.480 e. The summed E-state index contributed by atoms with van der Waals surface area (Å²) in [7, 11) is 0. The molecule has 6 unspecified atom stereocenters. The quantitative estimate of drug-likeness (QED) is 0.203. The van der Waals surface area contributed by atoms with E-state index in [4.69, 9.17) is 11.5 Å². The fourth-order valence-electron chi connectivity index (χ4n) is 3.37. The number of carboxylic acids is 1. The van der Waals surface area contributed by atoms with Crippen molar-refractivity contribution < 1.29 is 34.2 Å². The van der Waals surface area contributed by atoms with Gasteiger partial charge in [0.25, 0.3) is 0 Å². The van der Waals surface area contributed by atoms with E-state index in [1.54, 1.807) is 13.8 Å². The van der Waals surface area contributed by atoms with E-state index in [9.17, 15) is 34.2 Å². The van der Waals surface area contributed by atoms with Crippen LogP contribution >= 0.6 is 0 Å². The number of aliphatic hydroxyl groups is 1. The van der Waals surface area contributed by atoms with Crippen LogP contribution in [0.3, 0.4) is 0 Å². The van der Waals surface area contributed by atoms with Gasteiger partial charge in [-0.25, -0.2) is 4.79 Å². The van der Waals surface area contributed by atoms with E-state index in [-0.39, 0.29) is 18.9 Å². The highest BCUT2D eigenvalue weighted by Crippen LogP contribution is 2.19. The van der Waals surface area contributed by atoms with Gasteiger partial charge in [-0.05, 0) is 25.7 Å². The summed E-state index contributed by atoms with van der Waals surface area (Å²) in [5, 5.41) is 24.3. The van der Waals surface area contributed by atoms with Gasteiger partial charge >= 0.3 is 5.97 Å². The Bertz CT molecular complexity index is 699. The van der Waals surface area contributed by atoms with Crippen molar-refractivity contribution in [2.24, 2.45) is 17.4 Å². The lowest BCUT2D eigenvalue weighted by molar-refractivity contribution is -0.151. The third-order valence-corrected chi connectivity index (χ3v) is 5.42. The smallest absolute Gasteiger partial charge is 0.326 e. The number of amides is 4. The molecule has 0 aromatic rings. The third-order valence-electron chi connectivity index (χ3n) is 5.42. The number of rotatable bonds is 11. The first-order chi connectivity index (χ1) is 14.4. The van der Waals surface area contributed by atoms with Crippen LogP contribution in [0.4, 0.5) is 0 Å². The Morgan fingerprint density at radius 1 is 1.10 bits per heavy atom. The molecule has 1 heterocycles. The maximum absolute atomic E-state index is 12.9. The number of nitrogens with zero attached hydrogens (tertiary/aromatic N) is 1. The SMILES string of the molecule is CCC(C)C(NC(=O)C(N)CC(N)=O)C(=O)NC(C(=O)N1CCCC1C(=O)O)C(C)O. The van der Waals surface area contributed by atoms with Gasteiger partial charge in [-0.3, -0.25) is 19.2 Å². The van der Waals surface area contributed by atoms with E-state index in [0.717, 1.165) is 4.90 Å². The summed E-state index contributed by atoms with van der Waals surface area (Å²) >= 11 is 0. The zero-order chi connectivity index (χ0) is 23.9. The number of hydrogen-bond acceptors (Lipinski definition) is 7. The van der Waals surface area contributed by atoms with E-state index in [0.29, 0.717) is 12.8 Å². The zero-order valence-electron chi connectivity index (χ0n) is 18.0. The van der Waals surface area contributed by atoms with E-state index in [2.05, 4.69) is 10.6 Å². The molecule has 6 atom stereocenters. The fraction of sp³-hybridized carbons (Fsp3) is 0.737. The second-order valence-electron chi connectivity index (χ2n) is 7.90. The summed E-state index contributed by atoms with van der Waals surface area (Å²) in [6.45, 7) is 4.99. The summed E-state index contributed by atoms with van der Waals surface area (Å²) in [6.07, 6.45) is -0.445. The van der Waals surface area contributed by atoms with Crippen LogP contribution in [0.2, 0.25) is 0 Å². The molecule has 0 aromatic carbocycles. The number of carboxylic acid groups (broad SMARTS) is 1. The lowest BCUT2D eigenvalue weighted by Crippen LogP contribution is -2.61. The number of primary amides is 1. The topological polar surface area (TPSA) is 205 Å². The van der Waals surface area contributed by atoms with Gasteiger partial charge in [-0.2, -0.15) is 0 Å². The number of nitrogens with two attached hydrogens (primary N) is 2. The average molecular weight is 444 g/mol. The maximum Gasteiger partial charge on any atom is 0.326 e. The van der Waals surface area contributed by atoms with Crippen molar-refractivity contribution in [2.75, 3.05) is 6.54 Å². The molecular weight excluding hydrogens is 410 g/mol. The van der Waals surface area contributed by atoms with E-state index >= 15 is 0 Å². The number of nitrogens with one attached hydrogen (secondary N) is 2. The van der Waals surface area contributed by atoms with Gasteiger partial charge in [0, 0.05) is 6.54 Å². The van der Waals surface area contributed by atoms with E-state index in [1.165, 1.54) is 6.92 Å². The predicted octanol–water partition coefficient (Wildman–Crippen LogP) is -2.34. The molecule has 0 radical (unpaired) electrons. The van der Waals surface area contributed by atoms with Crippen LogP contribution in [0.1, 0.15) is 46.5 Å². The lowest BCUT2D eigenvalue weighted by Gasteiger charge is -2.31. The molecule has 1 saturated heterocycles. The molecule has 176 valence electrons. The summed E-state index contributed by atoms with van der Waals surface area (Å²) in [5.41, 5.74) is 10.7. The third kappa shape index (κ3) is 7.17. The molecule has 1 fully saturated rings. The van der Waals surface area contributed by atoms with Gasteiger partial charge in [0.05, 0.1) is 18.6 Å². The van der Waals surface area contributed by atoms with Crippen LogP contribution in [0, 0.1) is 5.92 Å². The molecule has 1 aliphatic heterocycles. The van der Waals surface area contributed by atoms with Crippen molar-refractivity contribution in [1.29, 1.82) is 0 Å². The molecule has 31 heavy (non-hydrogen) atoms. The number of likely N-dealkylation sites (tertiary alicyclic amines) is 1. The van der Waals surface area contributed by atoms with Gasteiger partial charge in [0.2, 0.25) is 23.6 Å². The number of carbonyl (C=O) groups excluding carboxylic acids is 4. The van der Waals surface area contributed by atoms with Crippen LogP contribution in [-0.4, -0.2) is 81.5 Å². The molecule has 0 spiro atoms. The molecule has 0 bridgehead atoms. The zero-order valence-corrected chi connectivity index (χ0v) is 18.0. The highest BCUT2D eigenvalue weighted by atomic mass is 16.4. The lowest BCUT2D eigenvalue weighted by atomic mass is 9.97. The van der Waals surface area contributed by atoms with Gasteiger partial charge in [-0.15, -0.1) is 0 Å². The number of aliphatic hydroxyl groups excluding tert-OH is 1. The van der Waals surface area contributed by atoms with Gasteiger partial charge < -0.3 is 37.2 Å². The average Bonchev–Trinajstić information content (AvgIpc) is 3.18. The first-order valence-corrected chi connectivity index (χ1v) is 10.3. The Morgan fingerprint density at radius 3 is 2.16 bits per heavy atom. The van der Waals surface area contributed by atoms with Crippen LogP contribution in [-0.2, 0) is 24.0 Å². The van der Waals surface area contributed by atoms with Crippen molar-refractivity contribution >= 4 is 29.6 Å². The van der Waals surface area contributed by atoms with Crippen molar-refractivity contribution in [1.82, 2.24) is 15.5 Å². The van der Waals surface area contributed by atoms with Crippen LogP contribution in [0.5, 0.6) is 0 Å². The van der Waals surface area contributed by atoms with Crippen LogP contribution < -0.4 is 22.1 Å². The maximum atomic E-state index is 12.9. The summed E-state index contributed by atoms with van der Waals surface area (Å²) in [4.78, 5) is 61.6. The highest BCUT2D eigenvalue weighted by molar-refractivity contribution is 5.95.